The van der Waals surface area contributed by atoms with Crippen molar-refractivity contribution in [3.05, 3.63) is 46.9 Å². The maximum Gasteiger partial charge on any atom is 0.417 e. The van der Waals surface area contributed by atoms with Crippen LogP contribution in [0.5, 0.6) is 0 Å². The van der Waals surface area contributed by atoms with Crippen LogP contribution in [0.15, 0.2) is 29.5 Å². The van der Waals surface area contributed by atoms with Gasteiger partial charge in [-0.05, 0) is 38.5 Å². The monoisotopic (exact) mass is 564 g/mol. The number of amides is 1. The highest BCUT2D eigenvalue weighted by Gasteiger charge is 2.35. The molecule has 218 valence electrons. The lowest BCUT2D eigenvalue weighted by molar-refractivity contribution is -0.137. The molecule has 4 rings (SSSR count). The molecule has 0 radical (unpaired) electrons. The number of amidine groups is 2. The highest BCUT2D eigenvalue weighted by molar-refractivity contribution is 6.10. The minimum absolute atomic E-state index is 0.290. The van der Waals surface area contributed by atoms with E-state index in [2.05, 4.69) is 19.9 Å². The van der Waals surface area contributed by atoms with E-state index in [1.165, 1.54) is 0 Å². The molecule has 0 atom stereocenters. The predicted octanol–water partition coefficient (Wildman–Crippen LogP) is 3.17. The number of hydrogen-bond acceptors (Lipinski definition) is 7. The number of alkyl halides is 3. The van der Waals surface area contributed by atoms with Gasteiger partial charge in [0.05, 0.1) is 24.5 Å². The lowest BCUT2D eigenvalue weighted by Gasteiger charge is -2.35. The van der Waals surface area contributed by atoms with Gasteiger partial charge in [0.15, 0.2) is 11.7 Å². The highest BCUT2D eigenvalue weighted by atomic mass is 19.4. The summed E-state index contributed by atoms with van der Waals surface area (Å²) in [5.74, 6) is -0.517. The summed E-state index contributed by atoms with van der Waals surface area (Å²) in [7, 11) is 0. The Balaban J connectivity index is 1.51. The van der Waals surface area contributed by atoms with E-state index >= 15 is 0 Å². The van der Waals surface area contributed by atoms with E-state index < -0.39 is 28.7 Å². The molecule has 11 nitrogen and oxygen atoms in total. The number of nitrogens with zero attached hydrogens (tertiary/aromatic N) is 5. The number of morpholine rings is 1. The zero-order valence-corrected chi connectivity index (χ0v) is 22.8. The molecule has 2 aliphatic rings. The summed E-state index contributed by atoms with van der Waals surface area (Å²) in [4.78, 5) is 29.4. The van der Waals surface area contributed by atoms with Crippen LogP contribution in [0.25, 0.3) is 0 Å². The number of aliphatic imine (C=N–C) groups is 1. The smallest absolute Gasteiger partial charge is 0.417 e. The number of nitrogen functional groups attached to an aromatic ring is 1. The highest BCUT2D eigenvalue weighted by Crippen LogP contribution is 2.33. The molecule has 40 heavy (non-hydrogen) atoms. The second kappa shape index (κ2) is 11.8. The number of H-pyrrole nitrogens is 1. The van der Waals surface area contributed by atoms with Crippen LogP contribution in [0, 0.1) is 5.41 Å². The fourth-order valence-corrected chi connectivity index (χ4v) is 4.47. The third-order valence-electron chi connectivity index (χ3n) is 6.43. The van der Waals surface area contributed by atoms with E-state index in [4.69, 9.17) is 20.6 Å². The predicted molar refractivity (Wildman–Crippen MR) is 143 cm³/mol. The van der Waals surface area contributed by atoms with Crippen LogP contribution in [0.2, 0.25) is 0 Å². The van der Waals surface area contributed by atoms with Crippen molar-refractivity contribution in [1.29, 1.82) is 5.41 Å². The Morgan fingerprint density at radius 2 is 1.80 bits per heavy atom. The number of halogens is 3. The van der Waals surface area contributed by atoms with Crippen molar-refractivity contribution in [2.24, 2.45) is 4.99 Å². The Bertz CT molecular complexity index is 1240. The number of aromatic nitrogens is 2. The number of nitrogens with two attached hydrogens (primary N) is 1. The Kier molecular flexibility index (Phi) is 8.68. The molecule has 4 heterocycles. The number of anilines is 1. The topological polar surface area (TPSA) is 136 Å². The molecular weight excluding hydrogens is 529 g/mol. The van der Waals surface area contributed by atoms with Gasteiger partial charge in [-0.2, -0.15) is 13.2 Å². The summed E-state index contributed by atoms with van der Waals surface area (Å²) in [6.07, 6.45) is -2.30. The molecule has 0 bridgehead atoms. The number of pyridine rings is 1. The Morgan fingerprint density at radius 1 is 1.12 bits per heavy atom. The molecule has 0 saturated carbocycles. The lowest BCUT2D eigenvalue weighted by Crippen LogP contribution is -2.49. The van der Waals surface area contributed by atoms with Crippen molar-refractivity contribution in [2.45, 2.75) is 39.1 Å². The van der Waals surface area contributed by atoms with Gasteiger partial charge < -0.3 is 30.0 Å². The van der Waals surface area contributed by atoms with Crippen LogP contribution < -0.4 is 5.73 Å². The van der Waals surface area contributed by atoms with Gasteiger partial charge in [-0.3, -0.25) is 10.3 Å². The molecule has 1 amide bonds. The first-order valence-corrected chi connectivity index (χ1v) is 13.0. The number of rotatable bonds is 4. The normalized spacial score (nSPS) is 17.7. The number of carbonyl (C=O) groups excluding carboxylic acids is 1. The summed E-state index contributed by atoms with van der Waals surface area (Å²) in [5, 5.41) is 8.45. The SMILES string of the molecule is CC(C)(C)OC(=O)N1CCN(Cc2c[nH]c(/C(=N\C(=N)c3cnc(N)cc3C(F)(F)F)N3CCOCC3)c2)CC1. The Hall–Kier alpha value is -3.65. The van der Waals surface area contributed by atoms with Crippen molar-refractivity contribution in [1.82, 2.24) is 24.7 Å². The van der Waals surface area contributed by atoms with Gasteiger partial charge in [0.2, 0.25) is 0 Å². The molecule has 2 aromatic heterocycles. The van der Waals surface area contributed by atoms with Gasteiger partial charge in [-0.15, -0.1) is 0 Å². The molecule has 4 N–H and O–H groups in total. The van der Waals surface area contributed by atoms with Crippen molar-refractivity contribution >= 4 is 23.6 Å². The Labute approximate surface area is 230 Å². The summed E-state index contributed by atoms with van der Waals surface area (Å²) < 4.78 is 51.9. The molecule has 2 aliphatic heterocycles. The minimum Gasteiger partial charge on any atom is -0.444 e. The van der Waals surface area contributed by atoms with Crippen LogP contribution in [-0.2, 0) is 22.2 Å². The number of nitrogens with one attached hydrogen (secondary N) is 2. The third-order valence-corrected chi connectivity index (χ3v) is 6.43. The number of aromatic amines is 1. The van der Waals surface area contributed by atoms with E-state index in [-0.39, 0.29) is 11.9 Å². The molecule has 0 spiro atoms. The molecule has 2 aromatic rings. The van der Waals surface area contributed by atoms with Crippen LogP contribution in [0.4, 0.5) is 23.8 Å². The molecule has 14 heteroatoms. The van der Waals surface area contributed by atoms with Crippen molar-refractivity contribution in [2.75, 3.05) is 58.2 Å². The molecule has 0 aromatic carbocycles. The second-order valence-electron chi connectivity index (χ2n) is 10.7. The molecule has 2 saturated heterocycles. The van der Waals surface area contributed by atoms with Crippen LogP contribution in [0.1, 0.15) is 43.2 Å². The van der Waals surface area contributed by atoms with Gasteiger partial charge in [-0.25, -0.2) is 14.8 Å². The first-order valence-electron chi connectivity index (χ1n) is 13.0. The first-order chi connectivity index (χ1) is 18.8. The quantitative estimate of drug-likeness (QED) is 0.383. The maximum absolute atomic E-state index is 13.7. The molecule has 0 aliphatic carbocycles. The largest absolute Gasteiger partial charge is 0.444 e. The lowest BCUT2D eigenvalue weighted by atomic mass is 10.1. The van der Waals surface area contributed by atoms with Crippen molar-refractivity contribution in [3.8, 4) is 0 Å². The fraction of sp³-hybridized carbons (Fsp3) is 0.538. The van der Waals surface area contributed by atoms with Gasteiger partial charge in [0.1, 0.15) is 11.4 Å². The van der Waals surface area contributed by atoms with E-state index in [0.717, 1.165) is 11.8 Å². The molecule has 0 unspecified atom stereocenters. The number of hydrogen-bond donors (Lipinski definition) is 3. The summed E-state index contributed by atoms with van der Waals surface area (Å²) >= 11 is 0. The second-order valence-corrected chi connectivity index (χ2v) is 10.7. The van der Waals surface area contributed by atoms with Crippen LogP contribution in [-0.4, -0.2) is 101 Å². The third kappa shape index (κ3) is 7.50. The maximum atomic E-state index is 13.7. The van der Waals surface area contributed by atoms with E-state index in [0.29, 0.717) is 76.6 Å². The van der Waals surface area contributed by atoms with Crippen molar-refractivity contribution < 1.29 is 27.4 Å². The first kappa shape index (κ1) is 29.3. The molecular formula is C26H35F3N8O3. The van der Waals surface area contributed by atoms with E-state index in [1.807, 2.05) is 37.9 Å². The summed E-state index contributed by atoms with van der Waals surface area (Å²) in [6, 6.07) is 2.59. The Morgan fingerprint density at radius 3 is 2.42 bits per heavy atom. The summed E-state index contributed by atoms with van der Waals surface area (Å²) in [5.41, 5.74) is 4.93. The van der Waals surface area contributed by atoms with Gasteiger partial charge in [0.25, 0.3) is 0 Å². The zero-order chi connectivity index (χ0) is 29.1. The molecule has 2 fully saturated rings. The zero-order valence-electron chi connectivity index (χ0n) is 22.8. The average Bonchev–Trinajstić information content (AvgIpc) is 3.34. The fourth-order valence-electron chi connectivity index (χ4n) is 4.47. The number of piperazine rings is 1. The number of ether oxygens (including phenoxy) is 2. The summed E-state index contributed by atoms with van der Waals surface area (Å²) in [6.45, 7) is 10.3. The van der Waals surface area contributed by atoms with E-state index in [1.54, 1.807) is 4.90 Å². The van der Waals surface area contributed by atoms with Crippen molar-refractivity contribution in [3.63, 3.8) is 0 Å². The number of carbonyl (C=O) groups is 1. The van der Waals surface area contributed by atoms with Gasteiger partial charge >= 0.3 is 12.3 Å². The standard InChI is InChI=1S/C26H35F3N8O3/c1-25(2,3)40-24(38)37-6-4-35(5-7-37)16-17-12-20(32-14-17)23(36-8-10-39-11-9-36)34-22(31)18-15-33-21(30)13-19(18)26(27,28)29/h12-15,31-32H,4-11,16H2,1-3H3,(H2,30,33)/b31-22?,34-23+. The minimum atomic E-state index is -4.72. The average molecular weight is 565 g/mol. The van der Waals surface area contributed by atoms with Crippen LogP contribution in [0.3, 0.4) is 0 Å². The van der Waals surface area contributed by atoms with E-state index in [9.17, 15) is 18.0 Å². The van der Waals surface area contributed by atoms with Crippen LogP contribution >= 0.6 is 0 Å². The van der Waals surface area contributed by atoms with Gasteiger partial charge in [0, 0.05) is 63.8 Å². The van der Waals surface area contributed by atoms with Gasteiger partial charge in [-0.1, -0.05) is 0 Å².